The first-order chi connectivity index (χ1) is 10.0. The molecule has 0 spiro atoms. The van der Waals surface area contributed by atoms with Crippen LogP contribution in [0.3, 0.4) is 0 Å². The molecule has 0 N–H and O–H groups in total. The number of hydrogen-bond acceptors (Lipinski definition) is 6. The molecule has 0 aliphatic rings. The Labute approximate surface area is 177 Å². The molecular weight excluding hydrogens is 318 g/mol. The Morgan fingerprint density at radius 1 is 0.826 bits per heavy atom. The molecule has 0 aromatic carbocycles. The van der Waals surface area contributed by atoms with Crippen molar-refractivity contribution in [2.75, 3.05) is 0 Å². The van der Waals surface area contributed by atoms with Crippen molar-refractivity contribution >= 4 is 11.9 Å². The van der Waals surface area contributed by atoms with Gasteiger partial charge in [-0.05, 0) is 24.3 Å². The van der Waals surface area contributed by atoms with Gasteiger partial charge in [-0.2, -0.15) is 0 Å². The molecule has 0 unspecified atom stereocenters. The predicted octanol–water partition coefficient (Wildman–Crippen LogP) is -7.24. The zero-order valence-electron chi connectivity index (χ0n) is 13.1. The molecule has 108 valence electrons. The van der Waals surface area contributed by atoms with E-state index in [1.165, 1.54) is 12.4 Å². The molecule has 0 bridgehead atoms. The first-order valence-corrected chi connectivity index (χ1v) is 6.27. The Kier molecular flexibility index (Phi) is 9.84. The van der Waals surface area contributed by atoms with Gasteiger partial charge in [-0.25, -0.2) is 0 Å². The predicted molar refractivity (Wildman–Crippen MR) is 68.3 cm³/mol. The molecule has 0 amide bonds. The van der Waals surface area contributed by atoms with Crippen LogP contribution in [-0.4, -0.2) is 21.9 Å². The molecule has 0 saturated carbocycles. The molecule has 2 heterocycles. The number of hydrogen-bond donors (Lipinski definition) is 0. The number of carbonyl (C=O) groups excluding carboxylic acids is 2. The van der Waals surface area contributed by atoms with Crippen molar-refractivity contribution in [3.63, 3.8) is 0 Å². The third-order valence-corrected chi connectivity index (χ3v) is 3.20. The monoisotopic (exact) mass is 330 g/mol. The van der Waals surface area contributed by atoms with Crippen LogP contribution in [0.15, 0.2) is 48.8 Å². The molecule has 0 aliphatic heterocycles. The second kappa shape index (κ2) is 10.2. The van der Waals surface area contributed by atoms with E-state index in [1.807, 2.05) is 0 Å². The molecule has 23 heavy (non-hydrogen) atoms. The van der Waals surface area contributed by atoms with Crippen molar-refractivity contribution in [2.24, 2.45) is 5.41 Å². The van der Waals surface area contributed by atoms with Gasteiger partial charge in [0.1, 0.15) is 0 Å². The number of carboxylic acids is 2. The minimum atomic E-state index is -2.21. The van der Waals surface area contributed by atoms with Gasteiger partial charge in [0, 0.05) is 36.6 Å². The van der Waals surface area contributed by atoms with Crippen molar-refractivity contribution in [1.82, 2.24) is 9.97 Å². The topological polar surface area (TPSA) is 106 Å². The van der Waals surface area contributed by atoms with Gasteiger partial charge in [-0.1, -0.05) is 12.1 Å². The summed E-state index contributed by atoms with van der Waals surface area (Å²) in [6.07, 6.45) is 2.28. The van der Waals surface area contributed by atoms with E-state index in [-0.39, 0.29) is 72.0 Å². The normalized spacial score (nSPS) is 10.1. The Hall–Kier alpha value is -0.760. The smallest absolute Gasteiger partial charge is 0.549 e. The Morgan fingerprint density at radius 2 is 1.22 bits per heavy atom. The third kappa shape index (κ3) is 5.67. The number of pyridine rings is 2. The van der Waals surface area contributed by atoms with Gasteiger partial charge in [-0.15, -0.1) is 0 Å². The summed E-state index contributed by atoms with van der Waals surface area (Å²) in [6, 6.07) is 9.72. The van der Waals surface area contributed by atoms with E-state index >= 15 is 0 Å². The average molecular weight is 330 g/mol. The summed E-state index contributed by atoms with van der Waals surface area (Å²) >= 11 is 0. The summed E-state index contributed by atoms with van der Waals surface area (Å²) in [5, 5.41) is 23.0. The van der Waals surface area contributed by atoms with Crippen LogP contribution in [0.5, 0.6) is 0 Å². The van der Waals surface area contributed by atoms with Gasteiger partial charge in [0.05, 0.1) is 17.4 Å². The van der Waals surface area contributed by atoms with Crippen molar-refractivity contribution in [2.45, 2.75) is 12.8 Å². The minimum absolute atomic E-state index is 0. The van der Waals surface area contributed by atoms with Crippen LogP contribution < -0.4 is 69.3 Å². The van der Waals surface area contributed by atoms with Crippen LogP contribution >= 0.6 is 0 Å². The largest absolute Gasteiger partial charge is 1.00 e. The maximum absolute atomic E-state index is 11.5. The van der Waals surface area contributed by atoms with E-state index in [0.717, 1.165) is 0 Å². The fourth-order valence-corrected chi connectivity index (χ4v) is 2.06. The van der Waals surface area contributed by atoms with Gasteiger partial charge in [-0.3, -0.25) is 9.97 Å². The zero-order valence-corrected chi connectivity index (χ0v) is 17.1. The molecule has 0 atom stereocenters. The molecular formula is C15H12N2Na2O4. The maximum Gasteiger partial charge on any atom is 1.00 e. The van der Waals surface area contributed by atoms with E-state index in [4.69, 9.17) is 0 Å². The molecule has 0 saturated heterocycles. The van der Waals surface area contributed by atoms with Gasteiger partial charge < -0.3 is 19.8 Å². The first-order valence-electron chi connectivity index (χ1n) is 6.27. The number of carbonyl (C=O) groups is 2. The number of rotatable bonds is 6. The van der Waals surface area contributed by atoms with E-state index in [1.54, 1.807) is 36.4 Å². The summed E-state index contributed by atoms with van der Waals surface area (Å²) in [4.78, 5) is 30.9. The van der Waals surface area contributed by atoms with Crippen LogP contribution in [0.2, 0.25) is 0 Å². The molecule has 0 fully saturated rings. The number of aliphatic carboxylic acids is 2. The SMILES string of the molecule is O=C([O-])C(Cc1ccccn1)(Cc1ccccn1)C(=O)[O-].[Na+].[Na+]. The maximum atomic E-state index is 11.5. The fraction of sp³-hybridized carbons (Fsp3) is 0.200. The van der Waals surface area contributed by atoms with Gasteiger partial charge >= 0.3 is 59.1 Å². The van der Waals surface area contributed by atoms with Crippen molar-refractivity contribution in [1.29, 1.82) is 0 Å². The molecule has 2 aromatic rings. The van der Waals surface area contributed by atoms with Crippen molar-refractivity contribution < 1.29 is 78.9 Å². The average Bonchev–Trinajstić information content (AvgIpc) is 2.48. The molecule has 6 nitrogen and oxygen atoms in total. The van der Waals surface area contributed by atoms with Crippen LogP contribution in [0, 0.1) is 5.41 Å². The molecule has 2 rings (SSSR count). The van der Waals surface area contributed by atoms with Crippen LogP contribution in [0.25, 0.3) is 0 Å². The molecule has 2 aromatic heterocycles. The third-order valence-electron chi connectivity index (χ3n) is 3.20. The Bertz CT molecular complexity index is 581. The second-order valence-corrected chi connectivity index (χ2v) is 4.65. The van der Waals surface area contributed by atoms with Gasteiger partial charge in [0.15, 0.2) is 0 Å². The van der Waals surface area contributed by atoms with E-state index in [9.17, 15) is 19.8 Å². The van der Waals surface area contributed by atoms with Crippen LogP contribution in [0.4, 0.5) is 0 Å². The zero-order chi connectivity index (χ0) is 15.3. The standard InChI is InChI=1S/C15H14N2O4.2Na/c18-13(19)15(14(20)21,9-11-5-1-3-7-16-11)10-12-6-2-4-8-17-12;;/h1-8H,9-10H2,(H,18,19)(H,20,21);;/q;2*+1/p-2. The quantitative estimate of drug-likeness (QED) is 0.385. The van der Waals surface area contributed by atoms with Crippen molar-refractivity contribution in [3.05, 3.63) is 60.2 Å². The van der Waals surface area contributed by atoms with E-state index in [2.05, 4.69) is 9.97 Å². The number of nitrogens with zero attached hydrogens (tertiary/aromatic N) is 2. The fourth-order valence-electron chi connectivity index (χ4n) is 2.06. The summed E-state index contributed by atoms with van der Waals surface area (Å²) in [7, 11) is 0. The number of aromatic nitrogens is 2. The summed E-state index contributed by atoms with van der Waals surface area (Å²) in [5.74, 6) is -3.42. The van der Waals surface area contributed by atoms with Crippen LogP contribution in [0.1, 0.15) is 11.4 Å². The van der Waals surface area contributed by atoms with Crippen molar-refractivity contribution in [3.8, 4) is 0 Å². The molecule has 0 aliphatic carbocycles. The second-order valence-electron chi connectivity index (χ2n) is 4.65. The van der Waals surface area contributed by atoms with Crippen LogP contribution in [-0.2, 0) is 22.4 Å². The van der Waals surface area contributed by atoms with E-state index in [0.29, 0.717) is 11.4 Å². The minimum Gasteiger partial charge on any atom is -0.549 e. The Balaban J connectivity index is 0.00000242. The summed E-state index contributed by atoms with van der Waals surface area (Å²) < 4.78 is 0. The van der Waals surface area contributed by atoms with Gasteiger partial charge in [0.2, 0.25) is 0 Å². The molecule has 8 heteroatoms. The van der Waals surface area contributed by atoms with Gasteiger partial charge in [0.25, 0.3) is 0 Å². The summed E-state index contributed by atoms with van der Waals surface area (Å²) in [5.41, 5.74) is -1.54. The summed E-state index contributed by atoms with van der Waals surface area (Å²) in [6.45, 7) is 0. The Morgan fingerprint density at radius 3 is 1.48 bits per heavy atom. The number of carboxylic acid groups (broad SMARTS) is 2. The van der Waals surface area contributed by atoms with E-state index < -0.39 is 17.4 Å². The molecule has 0 radical (unpaired) electrons. The first kappa shape index (κ1) is 22.2.